The Morgan fingerprint density at radius 3 is 2.68 bits per heavy atom. The molecule has 0 bridgehead atoms. The molecule has 1 heterocycles. The molecular weight excluding hydrogens is 472 g/mol. The van der Waals surface area contributed by atoms with Gasteiger partial charge in [0.15, 0.2) is 5.96 Å². The van der Waals surface area contributed by atoms with Gasteiger partial charge in [0.05, 0.1) is 18.3 Å². The minimum atomic E-state index is -0.289. The number of rotatable bonds is 5. The van der Waals surface area contributed by atoms with Gasteiger partial charge in [-0.25, -0.2) is 14.4 Å². The Morgan fingerprint density at radius 2 is 2.07 bits per heavy atom. The van der Waals surface area contributed by atoms with E-state index in [9.17, 15) is 9.50 Å². The molecule has 1 aliphatic carbocycles. The molecule has 1 saturated carbocycles. The van der Waals surface area contributed by atoms with Gasteiger partial charge in [-0.2, -0.15) is 0 Å². The van der Waals surface area contributed by atoms with Crippen molar-refractivity contribution in [3.8, 4) is 5.69 Å². The maximum Gasteiger partial charge on any atom is 0.191 e. The fourth-order valence-corrected chi connectivity index (χ4v) is 3.38. The zero-order chi connectivity index (χ0) is 19.2. The summed E-state index contributed by atoms with van der Waals surface area (Å²) in [5.74, 6) is 1.19. The Balaban J connectivity index is 0.00000280. The second kappa shape index (κ2) is 10.8. The van der Waals surface area contributed by atoms with Crippen molar-refractivity contribution in [3.63, 3.8) is 0 Å². The lowest BCUT2D eigenvalue weighted by atomic mass is 9.93. The second-order valence-corrected chi connectivity index (χ2v) is 6.98. The lowest BCUT2D eigenvalue weighted by Crippen LogP contribution is -2.45. The van der Waals surface area contributed by atoms with Gasteiger partial charge in [-0.3, -0.25) is 0 Å². The summed E-state index contributed by atoms with van der Waals surface area (Å²) in [5.41, 5.74) is 1.30. The number of aromatic nitrogens is 2. The summed E-state index contributed by atoms with van der Waals surface area (Å²) in [4.78, 5) is 8.73. The van der Waals surface area contributed by atoms with Crippen molar-refractivity contribution >= 4 is 29.9 Å². The zero-order valence-electron chi connectivity index (χ0n) is 16.4. The molecule has 0 atom stereocenters. The van der Waals surface area contributed by atoms with E-state index in [2.05, 4.69) is 20.6 Å². The molecule has 3 rings (SSSR count). The predicted molar refractivity (Wildman–Crippen MR) is 120 cm³/mol. The summed E-state index contributed by atoms with van der Waals surface area (Å²) < 4.78 is 16.3. The Kier molecular flexibility index (Phi) is 8.68. The Bertz CT molecular complexity index is 787. The molecule has 0 amide bonds. The smallest absolute Gasteiger partial charge is 0.191 e. The van der Waals surface area contributed by atoms with Crippen molar-refractivity contribution in [1.82, 2.24) is 20.2 Å². The van der Waals surface area contributed by atoms with E-state index in [-0.39, 0.29) is 35.9 Å². The molecule has 0 radical (unpaired) electrons. The van der Waals surface area contributed by atoms with E-state index in [1.54, 1.807) is 23.0 Å². The van der Waals surface area contributed by atoms with Crippen LogP contribution in [0, 0.1) is 12.7 Å². The van der Waals surface area contributed by atoms with E-state index in [1.165, 1.54) is 6.07 Å². The summed E-state index contributed by atoms with van der Waals surface area (Å²) in [6, 6.07) is 5.49. The minimum Gasteiger partial charge on any atom is -0.393 e. The summed E-state index contributed by atoms with van der Waals surface area (Å²) in [7, 11) is 0. The topological polar surface area (TPSA) is 74.5 Å². The first kappa shape index (κ1) is 22.6. The number of benzene rings is 1. The van der Waals surface area contributed by atoms with Crippen molar-refractivity contribution in [2.45, 2.75) is 58.2 Å². The third-order valence-corrected chi connectivity index (χ3v) is 4.90. The standard InChI is InChI=1S/C20H28FN5O.HI/c1-3-22-20(25-16-5-7-17(27)8-6-16)24-13-15-4-9-19(18(21)12-15)26-11-10-23-14(26)2;/h4,9-12,16-17,27H,3,5-8,13H2,1-2H3,(H2,22,24,25);1H. The van der Waals surface area contributed by atoms with Crippen LogP contribution in [-0.2, 0) is 6.54 Å². The van der Waals surface area contributed by atoms with E-state index < -0.39 is 0 Å². The van der Waals surface area contributed by atoms with Crippen molar-refractivity contribution in [3.05, 3.63) is 47.8 Å². The molecule has 1 aromatic carbocycles. The van der Waals surface area contributed by atoms with Gasteiger partial charge in [-0.15, -0.1) is 24.0 Å². The molecule has 1 aliphatic rings. The van der Waals surface area contributed by atoms with Crippen LogP contribution in [0.1, 0.15) is 44.0 Å². The van der Waals surface area contributed by atoms with Gasteiger partial charge < -0.3 is 20.3 Å². The van der Waals surface area contributed by atoms with E-state index in [0.717, 1.165) is 49.6 Å². The molecule has 28 heavy (non-hydrogen) atoms. The highest BCUT2D eigenvalue weighted by Gasteiger charge is 2.20. The summed E-state index contributed by atoms with van der Waals surface area (Å²) in [6.07, 6.45) is 6.72. The monoisotopic (exact) mass is 501 g/mol. The molecule has 0 unspecified atom stereocenters. The zero-order valence-corrected chi connectivity index (χ0v) is 18.7. The third-order valence-electron chi connectivity index (χ3n) is 4.90. The Morgan fingerprint density at radius 1 is 1.32 bits per heavy atom. The quantitative estimate of drug-likeness (QED) is 0.334. The number of nitrogens with zero attached hydrogens (tertiary/aromatic N) is 3. The summed E-state index contributed by atoms with van der Waals surface area (Å²) in [5, 5.41) is 16.3. The maximum atomic E-state index is 14.5. The number of hydrogen-bond acceptors (Lipinski definition) is 3. The number of guanidine groups is 1. The van der Waals surface area contributed by atoms with Gasteiger partial charge in [0, 0.05) is 25.0 Å². The average Bonchev–Trinajstić information content (AvgIpc) is 3.07. The first-order valence-electron chi connectivity index (χ1n) is 9.58. The third kappa shape index (κ3) is 5.91. The predicted octanol–water partition coefficient (Wildman–Crippen LogP) is 3.30. The van der Waals surface area contributed by atoms with Crippen LogP contribution >= 0.6 is 24.0 Å². The SMILES string of the molecule is CCNC(=NCc1ccc(-n2ccnc2C)c(F)c1)NC1CCC(O)CC1.I. The Hall–Kier alpha value is -1.68. The van der Waals surface area contributed by atoms with Gasteiger partial charge in [0.25, 0.3) is 0 Å². The number of aryl methyl sites for hydroxylation is 1. The van der Waals surface area contributed by atoms with Crippen molar-refractivity contribution in [2.24, 2.45) is 4.99 Å². The first-order valence-corrected chi connectivity index (χ1v) is 9.58. The fraction of sp³-hybridized carbons (Fsp3) is 0.500. The molecule has 0 saturated heterocycles. The molecule has 6 nitrogen and oxygen atoms in total. The number of aliphatic hydroxyl groups excluding tert-OH is 1. The van der Waals surface area contributed by atoms with Crippen molar-refractivity contribution in [2.75, 3.05) is 6.54 Å². The van der Waals surface area contributed by atoms with E-state index in [1.807, 2.05) is 19.9 Å². The molecule has 1 fully saturated rings. The molecule has 8 heteroatoms. The second-order valence-electron chi connectivity index (χ2n) is 6.98. The van der Waals surface area contributed by atoms with Crippen LogP contribution in [-0.4, -0.2) is 39.3 Å². The number of nitrogens with one attached hydrogen (secondary N) is 2. The minimum absolute atomic E-state index is 0. The van der Waals surface area contributed by atoms with Crippen LogP contribution in [0.4, 0.5) is 4.39 Å². The number of halogens is 2. The summed E-state index contributed by atoms with van der Waals surface area (Å²) >= 11 is 0. The van der Waals surface area contributed by atoms with Crippen LogP contribution in [0.2, 0.25) is 0 Å². The van der Waals surface area contributed by atoms with Gasteiger partial charge in [0.2, 0.25) is 0 Å². The van der Waals surface area contributed by atoms with Crippen molar-refractivity contribution in [1.29, 1.82) is 0 Å². The molecule has 1 aromatic heterocycles. The van der Waals surface area contributed by atoms with Gasteiger partial charge in [-0.1, -0.05) is 6.07 Å². The summed E-state index contributed by atoms with van der Waals surface area (Å²) in [6.45, 7) is 5.01. The van der Waals surface area contributed by atoms with Gasteiger partial charge >= 0.3 is 0 Å². The largest absolute Gasteiger partial charge is 0.393 e. The van der Waals surface area contributed by atoms with E-state index >= 15 is 0 Å². The van der Waals surface area contributed by atoms with Gasteiger partial charge in [0.1, 0.15) is 11.6 Å². The fourth-order valence-electron chi connectivity index (χ4n) is 3.38. The van der Waals surface area contributed by atoms with Crippen LogP contribution in [0.15, 0.2) is 35.6 Å². The van der Waals surface area contributed by atoms with Gasteiger partial charge in [-0.05, 0) is 57.2 Å². The lowest BCUT2D eigenvalue weighted by molar-refractivity contribution is 0.120. The van der Waals surface area contributed by atoms with Crippen molar-refractivity contribution < 1.29 is 9.50 Å². The highest BCUT2D eigenvalue weighted by atomic mass is 127. The van der Waals surface area contributed by atoms with E-state index in [4.69, 9.17) is 0 Å². The number of aliphatic imine (C=N–C) groups is 1. The van der Waals surface area contributed by atoms with E-state index in [0.29, 0.717) is 18.3 Å². The molecule has 154 valence electrons. The molecule has 3 N–H and O–H groups in total. The van der Waals surface area contributed by atoms with Crippen LogP contribution in [0.25, 0.3) is 5.69 Å². The van der Waals surface area contributed by atoms with Crippen LogP contribution in [0.5, 0.6) is 0 Å². The normalized spacial score (nSPS) is 19.8. The highest BCUT2D eigenvalue weighted by molar-refractivity contribution is 14.0. The average molecular weight is 501 g/mol. The van der Waals surface area contributed by atoms with Crippen LogP contribution in [0.3, 0.4) is 0 Å². The Labute approximate surface area is 182 Å². The molecule has 0 spiro atoms. The first-order chi connectivity index (χ1) is 13.1. The lowest BCUT2D eigenvalue weighted by Gasteiger charge is -2.27. The highest BCUT2D eigenvalue weighted by Crippen LogP contribution is 2.19. The maximum absolute atomic E-state index is 14.5. The molecule has 0 aliphatic heterocycles. The number of imidazole rings is 1. The number of aliphatic hydroxyl groups is 1. The number of hydrogen-bond donors (Lipinski definition) is 3. The molecule has 2 aromatic rings. The molecular formula is C20H29FIN5O. The van der Waals surface area contributed by atoms with Crippen LogP contribution < -0.4 is 10.6 Å².